The van der Waals surface area contributed by atoms with E-state index in [1.54, 1.807) is 6.26 Å². The van der Waals surface area contributed by atoms with Gasteiger partial charge in [-0.1, -0.05) is 42.5 Å². The fraction of sp³-hybridized carbons (Fsp3) is 0.261. The molecule has 1 aromatic heterocycles. The Hall–Kier alpha value is -3.05. The first-order valence-electron chi connectivity index (χ1n) is 9.44. The van der Waals surface area contributed by atoms with Crippen LogP contribution in [0.2, 0.25) is 0 Å². The predicted octanol–water partition coefficient (Wildman–Crippen LogP) is 3.86. The SMILES string of the molecule is O=C(NCc1cccc(COCc2ccco2)c1)C1COc2ccccc2C1. The molecule has 1 aliphatic heterocycles. The van der Waals surface area contributed by atoms with Gasteiger partial charge in [0.2, 0.25) is 5.91 Å². The van der Waals surface area contributed by atoms with Crippen LogP contribution >= 0.6 is 0 Å². The number of furan rings is 1. The van der Waals surface area contributed by atoms with E-state index < -0.39 is 0 Å². The Morgan fingerprint density at radius 3 is 2.82 bits per heavy atom. The molecule has 0 spiro atoms. The highest BCUT2D eigenvalue weighted by Gasteiger charge is 2.25. The Labute approximate surface area is 164 Å². The second kappa shape index (κ2) is 8.76. The second-order valence-electron chi connectivity index (χ2n) is 6.93. The Morgan fingerprint density at radius 2 is 1.93 bits per heavy atom. The summed E-state index contributed by atoms with van der Waals surface area (Å²) < 4.78 is 16.7. The quantitative estimate of drug-likeness (QED) is 0.679. The van der Waals surface area contributed by atoms with Crippen LogP contribution in [0.3, 0.4) is 0 Å². The van der Waals surface area contributed by atoms with Gasteiger partial charge in [0.25, 0.3) is 0 Å². The molecule has 4 rings (SSSR count). The highest BCUT2D eigenvalue weighted by Crippen LogP contribution is 2.26. The maximum atomic E-state index is 12.5. The van der Waals surface area contributed by atoms with E-state index in [0.717, 1.165) is 28.2 Å². The Kier molecular flexibility index (Phi) is 5.73. The molecular weight excluding hydrogens is 354 g/mol. The number of benzene rings is 2. The minimum absolute atomic E-state index is 0.0222. The summed E-state index contributed by atoms with van der Waals surface area (Å²) in [5.74, 6) is 1.55. The van der Waals surface area contributed by atoms with Crippen LogP contribution in [0.25, 0.3) is 0 Å². The molecule has 1 aliphatic rings. The van der Waals surface area contributed by atoms with Gasteiger partial charge in [-0.25, -0.2) is 0 Å². The number of hydrogen-bond acceptors (Lipinski definition) is 4. The minimum atomic E-state index is -0.158. The number of para-hydroxylation sites is 1. The Balaban J connectivity index is 1.27. The maximum Gasteiger partial charge on any atom is 0.227 e. The lowest BCUT2D eigenvalue weighted by Crippen LogP contribution is -2.37. The summed E-state index contributed by atoms with van der Waals surface area (Å²) in [6, 6.07) is 19.7. The first-order chi connectivity index (χ1) is 13.8. The van der Waals surface area contributed by atoms with Crippen molar-refractivity contribution in [2.75, 3.05) is 6.61 Å². The zero-order valence-corrected chi connectivity index (χ0v) is 15.6. The molecule has 0 saturated carbocycles. The van der Waals surface area contributed by atoms with E-state index in [1.165, 1.54) is 0 Å². The molecule has 144 valence electrons. The van der Waals surface area contributed by atoms with E-state index in [1.807, 2.05) is 54.6 Å². The van der Waals surface area contributed by atoms with Crippen LogP contribution in [0.1, 0.15) is 22.5 Å². The van der Waals surface area contributed by atoms with Gasteiger partial charge in [0.15, 0.2) is 0 Å². The molecule has 1 atom stereocenters. The van der Waals surface area contributed by atoms with Crippen LogP contribution < -0.4 is 10.1 Å². The molecule has 28 heavy (non-hydrogen) atoms. The molecule has 0 fully saturated rings. The largest absolute Gasteiger partial charge is 0.492 e. The van der Waals surface area contributed by atoms with Crippen molar-refractivity contribution < 1.29 is 18.7 Å². The first kappa shape index (κ1) is 18.3. The number of amides is 1. The number of carbonyl (C=O) groups is 1. The summed E-state index contributed by atoms with van der Waals surface area (Å²) in [7, 11) is 0. The minimum Gasteiger partial charge on any atom is -0.492 e. The first-order valence-corrected chi connectivity index (χ1v) is 9.44. The number of nitrogens with one attached hydrogen (secondary N) is 1. The van der Waals surface area contributed by atoms with Crippen molar-refractivity contribution in [2.45, 2.75) is 26.2 Å². The normalized spacial score (nSPS) is 15.5. The van der Waals surface area contributed by atoms with Gasteiger partial charge in [-0.3, -0.25) is 4.79 Å². The fourth-order valence-corrected chi connectivity index (χ4v) is 3.32. The molecule has 0 aliphatic carbocycles. The molecule has 1 unspecified atom stereocenters. The Morgan fingerprint density at radius 1 is 1.04 bits per heavy atom. The fourth-order valence-electron chi connectivity index (χ4n) is 3.32. The maximum absolute atomic E-state index is 12.5. The molecule has 5 nitrogen and oxygen atoms in total. The van der Waals surface area contributed by atoms with E-state index in [-0.39, 0.29) is 11.8 Å². The highest BCUT2D eigenvalue weighted by atomic mass is 16.5. The third kappa shape index (κ3) is 4.61. The monoisotopic (exact) mass is 377 g/mol. The van der Waals surface area contributed by atoms with Crippen LogP contribution in [0.5, 0.6) is 5.75 Å². The summed E-state index contributed by atoms with van der Waals surface area (Å²) >= 11 is 0. The van der Waals surface area contributed by atoms with Gasteiger partial charge in [0, 0.05) is 6.54 Å². The van der Waals surface area contributed by atoms with Crippen molar-refractivity contribution in [3.8, 4) is 5.75 Å². The van der Waals surface area contributed by atoms with E-state index in [4.69, 9.17) is 13.9 Å². The second-order valence-corrected chi connectivity index (χ2v) is 6.93. The van der Waals surface area contributed by atoms with E-state index >= 15 is 0 Å². The number of hydrogen-bond donors (Lipinski definition) is 1. The van der Waals surface area contributed by atoms with Gasteiger partial charge >= 0.3 is 0 Å². The Bertz CT molecular complexity index is 920. The van der Waals surface area contributed by atoms with Crippen LogP contribution in [0.4, 0.5) is 0 Å². The van der Waals surface area contributed by atoms with Gasteiger partial charge in [-0.15, -0.1) is 0 Å². The summed E-state index contributed by atoms with van der Waals surface area (Å²) in [6.07, 6.45) is 2.35. The van der Waals surface area contributed by atoms with Gasteiger partial charge in [-0.05, 0) is 41.3 Å². The van der Waals surface area contributed by atoms with E-state index in [0.29, 0.717) is 32.8 Å². The van der Waals surface area contributed by atoms with Crippen molar-refractivity contribution in [3.63, 3.8) is 0 Å². The number of rotatable bonds is 7. The van der Waals surface area contributed by atoms with Gasteiger partial charge < -0.3 is 19.2 Å². The molecule has 0 bridgehead atoms. The lowest BCUT2D eigenvalue weighted by atomic mass is 9.96. The van der Waals surface area contributed by atoms with E-state index in [9.17, 15) is 4.79 Å². The van der Waals surface area contributed by atoms with Gasteiger partial charge in [-0.2, -0.15) is 0 Å². The molecule has 5 heteroatoms. The topological polar surface area (TPSA) is 60.7 Å². The highest BCUT2D eigenvalue weighted by molar-refractivity contribution is 5.79. The summed E-state index contributed by atoms with van der Waals surface area (Å²) in [5.41, 5.74) is 3.20. The zero-order chi connectivity index (χ0) is 19.2. The number of ether oxygens (including phenoxy) is 2. The standard InChI is InChI=1S/C23H23NO4/c25-23(20-12-19-7-1-2-9-22(19)28-15-20)24-13-17-5-3-6-18(11-17)14-26-16-21-8-4-10-27-21/h1-11,20H,12-16H2,(H,24,25). The molecule has 2 heterocycles. The third-order valence-corrected chi connectivity index (χ3v) is 4.80. The lowest BCUT2D eigenvalue weighted by Gasteiger charge is -2.24. The van der Waals surface area contributed by atoms with Crippen molar-refractivity contribution in [2.24, 2.45) is 5.92 Å². The van der Waals surface area contributed by atoms with Crippen LogP contribution in [0, 0.1) is 5.92 Å². The smallest absolute Gasteiger partial charge is 0.227 e. The van der Waals surface area contributed by atoms with Crippen LogP contribution in [-0.2, 0) is 35.7 Å². The average Bonchev–Trinajstić information content (AvgIpc) is 3.25. The number of carbonyl (C=O) groups excluding carboxylic acids is 1. The number of fused-ring (bicyclic) bond motifs is 1. The predicted molar refractivity (Wildman–Crippen MR) is 105 cm³/mol. The van der Waals surface area contributed by atoms with Crippen LogP contribution in [-0.4, -0.2) is 12.5 Å². The molecule has 0 radical (unpaired) electrons. The van der Waals surface area contributed by atoms with Crippen molar-refractivity contribution >= 4 is 5.91 Å². The lowest BCUT2D eigenvalue weighted by molar-refractivity contribution is -0.126. The molecule has 3 aromatic rings. The van der Waals surface area contributed by atoms with Crippen molar-refractivity contribution in [3.05, 3.63) is 89.4 Å². The summed E-state index contributed by atoms with van der Waals surface area (Å²) in [5, 5.41) is 3.03. The summed E-state index contributed by atoms with van der Waals surface area (Å²) in [4.78, 5) is 12.5. The summed E-state index contributed by atoms with van der Waals surface area (Å²) in [6.45, 7) is 1.85. The third-order valence-electron chi connectivity index (χ3n) is 4.80. The zero-order valence-electron chi connectivity index (χ0n) is 15.6. The van der Waals surface area contributed by atoms with E-state index in [2.05, 4.69) is 11.4 Å². The van der Waals surface area contributed by atoms with Crippen molar-refractivity contribution in [1.29, 1.82) is 0 Å². The molecule has 1 N–H and O–H groups in total. The van der Waals surface area contributed by atoms with Crippen molar-refractivity contribution in [1.82, 2.24) is 5.32 Å². The van der Waals surface area contributed by atoms with Gasteiger partial charge in [0.05, 0.1) is 18.8 Å². The molecule has 2 aromatic carbocycles. The molecular formula is C23H23NO4. The molecule has 1 amide bonds. The average molecular weight is 377 g/mol. The molecule has 0 saturated heterocycles. The van der Waals surface area contributed by atoms with Crippen LogP contribution in [0.15, 0.2) is 71.3 Å². The van der Waals surface area contributed by atoms with Gasteiger partial charge in [0.1, 0.15) is 24.7 Å².